The van der Waals surface area contributed by atoms with E-state index in [0.717, 1.165) is 22.5 Å². The van der Waals surface area contributed by atoms with Crippen LogP contribution in [0, 0.1) is 17.5 Å². The first-order valence-electron chi connectivity index (χ1n) is 7.94. The monoisotopic (exact) mass is 426 g/mol. The zero-order chi connectivity index (χ0) is 21.0. The first kappa shape index (κ1) is 20.3. The molecule has 152 valence electrons. The summed E-state index contributed by atoms with van der Waals surface area (Å²) in [6, 6.07) is 4.83. The third-order valence-electron chi connectivity index (χ3n) is 3.49. The molecule has 0 fully saturated rings. The van der Waals surface area contributed by atoms with Gasteiger partial charge in [0.2, 0.25) is 22.8 Å². The summed E-state index contributed by atoms with van der Waals surface area (Å²) in [5.74, 6) is 0.394. The zero-order valence-corrected chi connectivity index (χ0v) is 15.3. The summed E-state index contributed by atoms with van der Waals surface area (Å²) in [7, 11) is 0. The Balaban J connectivity index is 1.48. The van der Waals surface area contributed by atoms with E-state index in [-0.39, 0.29) is 16.7 Å². The number of nitrogens with zero attached hydrogens (tertiary/aromatic N) is 3. The van der Waals surface area contributed by atoms with Crippen LogP contribution in [0.25, 0.3) is 11.6 Å². The number of rotatable bonds is 7. The quantitative estimate of drug-likeness (QED) is 0.297. The van der Waals surface area contributed by atoms with Crippen LogP contribution in [-0.2, 0) is 9.59 Å². The number of nitrogens with one attached hydrogen (secondary N) is 2. The number of halogens is 3. The van der Waals surface area contributed by atoms with Gasteiger partial charge in [-0.1, -0.05) is 11.8 Å². The highest BCUT2D eigenvalue weighted by Crippen LogP contribution is 2.22. The molecular formula is C16H13F3N6O3S. The molecule has 0 aliphatic heterocycles. The predicted molar refractivity (Wildman–Crippen MR) is 96.6 cm³/mol. The normalized spacial score (nSPS) is 10.7. The van der Waals surface area contributed by atoms with Gasteiger partial charge in [0.05, 0.1) is 24.2 Å². The van der Waals surface area contributed by atoms with Crippen LogP contribution < -0.4 is 16.5 Å². The number of nitrogens with two attached hydrogens (primary N) is 1. The molecule has 4 N–H and O–H groups in total. The number of hydrogen-bond acceptors (Lipinski definition) is 7. The van der Waals surface area contributed by atoms with Gasteiger partial charge in [0.25, 0.3) is 0 Å². The van der Waals surface area contributed by atoms with Gasteiger partial charge >= 0.3 is 0 Å². The van der Waals surface area contributed by atoms with E-state index in [9.17, 15) is 22.8 Å². The standard InChI is InChI=1S/C16H13F3N6O3S/c17-8-3-4-9(14(19)13(8)18)22-11(26)6-21-12(27)7-29-16-24-23-15(25(16)20)10-2-1-5-28-10/h1-5H,6-7,20H2,(H,21,27)(H,22,26). The van der Waals surface area contributed by atoms with Gasteiger partial charge in [0.15, 0.2) is 23.2 Å². The van der Waals surface area contributed by atoms with Gasteiger partial charge < -0.3 is 20.9 Å². The van der Waals surface area contributed by atoms with Crippen molar-refractivity contribution >= 4 is 29.3 Å². The molecule has 0 saturated carbocycles. The molecule has 2 aromatic heterocycles. The molecule has 0 aliphatic carbocycles. The molecular weight excluding hydrogens is 413 g/mol. The topological polar surface area (TPSA) is 128 Å². The second-order valence-corrected chi connectivity index (χ2v) is 6.43. The Morgan fingerprint density at radius 2 is 1.93 bits per heavy atom. The van der Waals surface area contributed by atoms with Crippen molar-refractivity contribution < 1.29 is 27.2 Å². The highest BCUT2D eigenvalue weighted by Gasteiger charge is 2.17. The number of hydrogen-bond donors (Lipinski definition) is 3. The molecule has 0 bridgehead atoms. The number of thioether (sulfide) groups is 1. The number of nitrogen functional groups attached to an aromatic ring is 1. The Morgan fingerprint density at radius 3 is 2.66 bits per heavy atom. The van der Waals surface area contributed by atoms with E-state index >= 15 is 0 Å². The summed E-state index contributed by atoms with van der Waals surface area (Å²) in [4.78, 5) is 23.6. The van der Waals surface area contributed by atoms with Gasteiger partial charge in [0, 0.05) is 0 Å². The second-order valence-electron chi connectivity index (χ2n) is 5.49. The summed E-state index contributed by atoms with van der Waals surface area (Å²) in [6.07, 6.45) is 1.45. The Hall–Kier alpha value is -3.48. The number of amides is 2. The number of carbonyl (C=O) groups is 2. The molecule has 2 amide bonds. The number of anilines is 1. The van der Waals surface area contributed by atoms with Crippen molar-refractivity contribution in [2.45, 2.75) is 5.16 Å². The molecule has 1 aromatic carbocycles. The number of benzene rings is 1. The number of aromatic nitrogens is 3. The molecule has 0 unspecified atom stereocenters. The third kappa shape index (κ3) is 4.68. The minimum atomic E-state index is -1.71. The van der Waals surface area contributed by atoms with E-state index in [1.807, 2.05) is 5.32 Å². The lowest BCUT2D eigenvalue weighted by atomic mass is 10.2. The van der Waals surface area contributed by atoms with E-state index in [0.29, 0.717) is 11.8 Å². The fraction of sp³-hybridized carbons (Fsp3) is 0.125. The number of carbonyl (C=O) groups excluding carboxylic acids is 2. The van der Waals surface area contributed by atoms with Crippen LogP contribution in [-0.4, -0.2) is 39.0 Å². The van der Waals surface area contributed by atoms with Crippen molar-refractivity contribution in [3.63, 3.8) is 0 Å². The van der Waals surface area contributed by atoms with Crippen LogP contribution in [0.15, 0.2) is 40.1 Å². The zero-order valence-electron chi connectivity index (χ0n) is 14.5. The van der Waals surface area contributed by atoms with Gasteiger partial charge in [-0.15, -0.1) is 10.2 Å². The Bertz CT molecular complexity index is 1040. The molecule has 0 atom stereocenters. The molecule has 9 nitrogen and oxygen atoms in total. The first-order chi connectivity index (χ1) is 13.9. The predicted octanol–water partition coefficient (Wildman–Crippen LogP) is 1.52. The van der Waals surface area contributed by atoms with Crippen molar-refractivity contribution in [3.8, 4) is 11.6 Å². The van der Waals surface area contributed by atoms with E-state index < -0.39 is 41.5 Å². The Labute approximate surface area is 165 Å². The fourth-order valence-corrected chi connectivity index (χ4v) is 2.81. The molecule has 3 aromatic rings. The van der Waals surface area contributed by atoms with Gasteiger partial charge in [-0.05, 0) is 24.3 Å². The van der Waals surface area contributed by atoms with Crippen molar-refractivity contribution in [2.75, 3.05) is 23.5 Å². The summed E-state index contributed by atoms with van der Waals surface area (Å²) in [5.41, 5.74) is -0.542. The van der Waals surface area contributed by atoms with Crippen LogP contribution in [0.4, 0.5) is 18.9 Å². The van der Waals surface area contributed by atoms with Crippen molar-refractivity contribution in [3.05, 3.63) is 48.0 Å². The summed E-state index contributed by atoms with van der Waals surface area (Å²) >= 11 is 0.963. The van der Waals surface area contributed by atoms with Crippen molar-refractivity contribution in [2.24, 2.45) is 0 Å². The average Bonchev–Trinajstić information content (AvgIpc) is 3.35. The molecule has 13 heteroatoms. The maximum absolute atomic E-state index is 13.5. The molecule has 0 saturated heterocycles. The van der Waals surface area contributed by atoms with E-state index in [1.165, 1.54) is 6.26 Å². The molecule has 0 radical (unpaired) electrons. The lowest BCUT2D eigenvalue weighted by Gasteiger charge is -2.08. The van der Waals surface area contributed by atoms with E-state index in [1.54, 1.807) is 12.1 Å². The number of furan rings is 1. The first-order valence-corrected chi connectivity index (χ1v) is 8.92. The highest BCUT2D eigenvalue weighted by atomic mass is 32.2. The largest absolute Gasteiger partial charge is 0.461 e. The molecule has 3 rings (SSSR count). The maximum atomic E-state index is 13.5. The molecule has 29 heavy (non-hydrogen) atoms. The third-order valence-corrected chi connectivity index (χ3v) is 4.44. The summed E-state index contributed by atoms with van der Waals surface area (Å²) in [5, 5.41) is 12.3. The summed E-state index contributed by atoms with van der Waals surface area (Å²) < 4.78 is 45.8. The van der Waals surface area contributed by atoms with Crippen LogP contribution in [0.5, 0.6) is 0 Å². The van der Waals surface area contributed by atoms with Gasteiger partial charge in [-0.25, -0.2) is 17.8 Å². The lowest BCUT2D eigenvalue weighted by molar-refractivity contribution is -0.122. The molecule has 2 heterocycles. The average molecular weight is 426 g/mol. The van der Waals surface area contributed by atoms with Gasteiger partial charge in [-0.2, -0.15) is 0 Å². The summed E-state index contributed by atoms with van der Waals surface area (Å²) in [6.45, 7) is -0.509. The maximum Gasteiger partial charge on any atom is 0.243 e. The molecule has 0 aliphatic rings. The van der Waals surface area contributed by atoms with Crippen molar-refractivity contribution in [1.29, 1.82) is 0 Å². The molecule has 0 spiro atoms. The lowest BCUT2D eigenvalue weighted by Crippen LogP contribution is -2.34. The minimum absolute atomic E-state index is 0.139. The smallest absolute Gasteiger partial charge is 0.243 e. The van der Waals surface area contributed by atoms with Gasteiger partial charge in [-0.3, -0.25) is 9.59 Å². The van der Waals surface area contributed by atoms with E-state index in [4.69, 9.17) is 10.3 Å². The second kappa shape index (κ2) is 8.68. The van der Waals surface area contributed by atoms with Crippen LogP contribution in [0.3, 0.4) is 0 Å². The van der Waals surface area contributed by atoms with Crippen LogP contribution >= 0.6 is 11.8 Å². The Kier molecular flexibility index (Phi) is 6.07. The van der Waals surface area contributed by atoms with Crippen molar-refractivity contribution in [1.82, 2.24) is 20.2 Å². The van der Waals surface area contributed by atoms with E-state index in [2.05, 4.69) is 15.5 Å². The fourth-order valence-electron chi connectivity index (χ4n) is 2.13. The van der Waals surface area contributed by atoms with Gasteiger partial charge in [0.1, 0.15) is 0 Å². The van der Waals surface area contributed by atoms with Crippen LogP contribution in [0.2, 0.25) is 0 Å². The highest BCUT2D eigenvalue weighted by molar-refractivity contribution is 7.99. The van der Waals surface area contributed by atoms with Crippen LogP contribution in [0.1, 0.15) is 0 Å². The SMILES string of the molecule is Nn1c(SCC(=O)NCC(=O)Nc2ccc(F)c(F)c2F)nnc1-c1ccco1. The Morgan fingerprint density at radius 1 is 1.14 bits per heavy atom. The minimum Gasteiger partial charge on any atom is -0.461 e.